The molecule has 0 fully saturated rings. The molecule has 9 heteroatoms. The average molecular weight is 469 g/mol. The number of hydrogen-bond donors (Lipinski definition) is 2. The number of nitrogens with one attached hydrogen (secondary N) is 2. The van der Waals surface area contributed by atoms with E-state index < -0.39 is 0 Å². The molecular formula is C24H16N6OS2. The highest BCUT2D eigenvalue weighted by Crippen LogP contribution is 2.31. The molecule has 33 heavy (non-hydrogen) atoms. The molecule has 0 bridgehead atoms. The maximum absolute atomic E-state index is 13.6. The van der Waals surface area contributed by atoms with E-state index in [4.69, 9.17) is 0 Å². The summed E-state index contributed by atoms with van der Waals surface area (Å²) < 4.78 is 2.03. The summed E-state index contributed by atoms with van der Waals surface area (Å²) in [5.74, 6) is 0.243. The van der Waals surface area contributed by atoms with Crippen LogP contribution in [0, 0.1) is 0 Å². The molecule has 3 aromatic carbocycles. The van der Waals surface area contributed by atoms with Crippen LogP contribution < -0.4 is 15.8 Å². The average Bonchev–Trinajstić information content (AvgIpc) is 3.43. The molecule has 0 saturated heterocycles. The fraction of sp³-hybridized carbons (Fsp3) is 0. The van der Waals surface area contributed by atoms with Gasteiger partial charge in [0.25, 0.3) is 5.91 Å². The highest BCUT2D eigenvalue weighted by Gasteiger charge is 2.28. The van der Waals surface area contributed by atoms with Crippen LogP contribution in [0.15, 0.2) is 95.8 Å². The smallest absolute Gasteiger partial charge is 0.297 e. The predicted molar refractivity (Wildman–Crippen MR) is 135 cm³/mol. The predicted octanol–water partition coefficient (Wildman–Crippen LogP) is 5.16. The lowest BCUT2D eigenvalue weighted by molar-refractivity contribution is -0.115. The Morgan fingerprint density at radius 2 is 1.45 bits per heavy atom. The van der Waals surface area contributed by atoms with E-state index >= 15 is 0 Å². The number of hydrazine groups is 1. The molecule has 7 nitrogen and oxygen atoms in total. The van der Waals surface area contributed by atoms with E-state index in [0.717, 1.165) is 26.0 Å². The van der Waals surface area contributed by atoms with Gasteiger partial charge in [0.1, 0.15) is 5.70 Å². The lowest BCUT2D eigenvalue weighted by Crippen LogP contribution is -2.47. The fourth-order valence-corrected chi connectivity index (χ4v) is 5.25. The van der Waals surface area contributed by atoms with Crippen molar-refractivity contribution in [2.75, 3.05) is 10.3 Å². The Morgan fingerprint density at radius 3 is 2.18 bits per heavy atom. The van der Waals surface area contributed by atoms with E-state index in [-0.39, 0.29) is 5.91 Å². The van der Waals surface area contributed by atoms with Crippen LogP contribution >= 0.6 is 22.7 Å². The normalized spacial score (nSPS) is 14.1. The van der Waals surface area contributed by atoms with Crippen LogP contribution in [0.4, 0.5) is 10.3 Å². The van der Waals surface area contributed by atoms with Gasteiger partial charge in [-0.05, 0) is 24.3 Å². The lowest BCUT2D eigenvalue weighted by Gasteiger charge is -2.21. The number of anilines is 2. The van der Waals surface area contributed by atoms with E-state index in [2.05, 4.69) is 25.7 Å². The van der Waals surface area contributed by atoms with Gasteiger partial charge in [0, 0.05) is 5.56 Å². The molecule has 1 amide bonds. The number of amides is 1. The quantitative estimate of drug-likeness (QED) is 0.381. The van der Waals surface area contributed by atoms with Crippen molar-refractivity contribution in [3.8, 4) is 0 Å². The van der Waals surface area contributed by atoms with Gasteiger partial charge in [-0.2, -0.15) is 5.01 Å². The maximum atomic E-state index is 13.6. The maximum Gasteiger partial charge on any atom is 0.297 e. The van der Waals surface area contributed by atoms with Crippen molar-refractivity contribution < 1.29 is 4.79 Å². The highest BCUT2D eigenvalue weighted by molar-refractivity contribution is 7.22. The molecule has 6 rings (SSSR count). The van der Waals surface area contributed by atoms with Crippen LogP contribution in [-0.2, 0) is 4.79 Å². The second kappa shape index (κ2) is 8.12. The first-order chi connectivity index (χ1) is 16.2. The van der Waals surface area contributed by atoms with Crippen molar-refractivity contribution in [2.24, 2.45) is 4.99 Å². The minimum absolute atomic E-state index is 0.298. The van der Waals surface area contributed by atoms with Crippen molar-refractivity contribution in [3.05, 3.63) is 96.3 Å². The third-order valence-electron chi connectivity index (χ3n) is 5.03. The van der Waals surface area contributed by atoms with Crippen LogP contribution in [-0.4, -0.2) is 21.7 Å². The molecule has 1 aliphatic heterocycles. The number of fused-ring (bicyclic) bond motifs is 2. The number of carbonyl (C=O) groups excluding carboxylic acids is 1. The Labute approximate surface area is 196 Å². The molecule has 1 aliphatic rings. The molecule has 0 aliphatic carbocycles. The topological polar surface area (TPSA) is 82.5 Å². The Hall–Kier alpha value is -4.08. The Morgan fingerprint density at radius 1 is 0.788 bits per heavy atom. The molecule has 0 saturated carbocycles. The number of aromatic nitrogens is 2. The van der Waals surface area contributed by atoms with Gasteiger partial charge in [-0.15, -0.1) is 0 Å². The van der Waals surface area contributed by atoms with Crippen LogP contribution in [0.3, 0.4) is 0 Å². The van der Waals surface area contributed by atoms with Crippen molar-refractivity contribution in [1.29, 1.82) is 0 Å². The fourth-order valence-electron chi connectivity index (χ4n) is 3.44. The monoisotopic (exact) mass is 468 g/mol. The first-order valence-electron chi connectivity index (χ1n) is 10.2. The number of thiazole rings is 2. The zero-order valence-corrected chi connectivity index (χ0v) is 18.7. The highest BCUT2D eigenvalue weighted by atomic mass is 32.1. The van der Waals surface area contributed by atoms with Gasteiger partial charge in [0.05, 0.1) is 26.6 Å². The van der Waals surface area contributed by atoms with Crippen molar-refractivity contribution >= 4 is 65.1 Å². The third kappa shape index (κ3) is 3.73. The summed E-state index contributed by atoms with van der Waals surface area (Å²) in [6, 6.07) is 25.3. The lowest BCUT2D eigenvalue weighted by atomic mass is 10.2. The van der Waals surface area contributed by atoms with Gasteiger partial charge in [0.2, 0.25) is 5.13 Å². The molecule has 0 unspecified atom stereocenters. The second-order valence-corrected chi connectivity index (χ2v) is 9.25. The van der Waals surface area contributed by atoms with E-state index in [9.17, 15) is 4.79 Å². The summed E-state index contributed by atoms with van der Waals surface area (Å²) in [5.41, 5.74) is 6.04. The van der Waals surface area contributed by atoms with Gasteiger partial charge in [-0.1, -0.05) is 77.3 Å². The van der Waals surface area contributed by atoms with E-state index in [1.54, 1.807) is 0 Å². The summed E-state index contributed by atoms with van der Waals surface area (Å²) >= 11 is 2.92. The Kier molecular flexibility index (Phi) is 4.82. The number of para-hydroxylation sites is 2. The summed E-state index contributed by atoms with van der Waals surface area (Å²) in [6.07, 6.45) is 1.54. The SMILES string of the molecule is O=C1C(Nc2nc3ccccc3s2)=CN=C(c2ccccc2)NN1c1nc2ccccc2s1. The van der Waals surface area contributed by atoms with Gasteiger partial charge in [-0.25, -0.2) is 15.0 Å². The summed E-state index contributed by atoms with van der Waals surface area (Å²) in [5, 5.41) is 5.77. The summed E-state index contributed by atoms with van der Waals surface area (Å²) in [7, 11) is 0. The van der Waals surface area contributed by atoms with Crippen LogP contribution in [0.1, 0.15) is 5.56 Å². The molecule has 5 aromatic rings. The number of amidine groups is 1. The van der Waals surface area contributed by atoms with Crippen molar-refractivity contribution in [2.45, 2.75) is 0 Å². The van der Waals surface area contributed by atoms with Crippen LogP contribution in [0.2, 0.25) is 0 Å². The van der Waals surface area contributed by atoms with Crippen LogP contribution in [0.25, 0.3) is 20.4 Å². The van der Waals surface area contributed by atoms with E-state index in [0.29, 0.717) is 21.8 Å². The minimum atomic E-state index is -0.303. The Balaban J connectivity index is 1.42. The summed E-state index contributed by atoms with van der Waals surface area (Å²) in [4.78, 5) is 27.5. The van der Waals surface area contributed by atoms with Crippen LogP contribution in [0.5, 0.6) is 0 Å². The van der Waals surface area contributed by atoms with Gasteiger partial charge >= 0.3 is 0 Å². The molecule has 0 radical (unpaired) electrons. The molecule has 2 aromatic heterocycles. The molecule has 2 N–H and O–H groups in total. The molecule has 0 spiro atoms. The number of benzene rings is 3. The second-order valence-electron chi connectivity index (χ2n) is 7.21. The zero-order chi connectivity index (χ0) is 22.2. The van der Waals surface area contributed by atoms with E-state index in [1.165, 1.54) is 33.9 Å². The van der Waals surface area contributed by atoms with Gasteiger partial charge in [-0.3, -0.25) is 10.2 Å². The van der Waals surface area contributed by atoms with E-state index in [1.807, 2.05) is 78.9 Å². The standard InChI is InChI=1S/C24H16N6OS2/c31-22-18(27-23-26-16-10-4-6-12-19(16)32-23)14-25-21(15-8-2-1-3-9-15)29-30(22)24-28-17-11-5-7-13-20(17)33-24/h1-14H,(H,25,29)(H,26,27). The largest absolute Gasteiger partial charge is 0.326 e. The van der Waals surface area contributed by atoms with Gasteiger partial charge < -0.3 is 5.32 Å². The number of rotatable bonds is 4. The number of hydrogen-bond acceptors (Lipinski definition) is 8. The number of aliphatic imine (C=N–C) groups is 1. The zero-order valence-electron chi connectivity index (χ0n) is 17.1. The summed E-state index contributed by atoms with van der Waals surface area (Å²) in [6.45, 7) is 0. The molecule has 3 heterocycles. The first-order valence-corrected chi connectivity index (χ1v) is 11.8. The molecular weight excluding hydrogens is 452 g/mol. The minimum Gasteiger partial charge on any atom is -0.326 e. The molecule has 0 atom stereocenters. The number of carbonyl (C=O) groups is 1. The number of nitrogens with zero attached hydrogens (tertiary/aromatic N) is 4. The van der Waals surface area contributed by atoms with Gasteiger partial charge in [0.15, 0.2) is 11.0 Å². The molecule has 160 valence electrons. The van der Waals surface area contributed by atoms with Crippen molar-refractivity contribution in [1.82, 2.24) is 15.4 Å². The third-order valence-corrected chi connectivity index (χ3v) is 7.00. The first kappa shape index (κ1) is 19.6. The Bertz CT molecular complexity index is 1490. The van der Waals surface area contributed by atoms with Crippen molar-refractivity contribution in [3.63, 3.8) is 0 Å².